The van der Waals surface area contributed by atoms with Crippen molar-refractivity contribution in [2.45, 2.75) is 40.5 Å². The maximum Gasteiger partial charge on any atom is 0.253 e. The number of aromatic nitrogens is 2. The zero-order chi connectivity index (χ0) is 32.4. The molecular formula is C37H37FN4O3S. The highest BCUT2D eigenvalue weighted by atomic mass is 32.2. The van der Waals surface area contributed by atoms with Gasteiger partial charge < -0.3 is 9.30 Å². The van der Waals surface area contributed by atoms with Crippen molar-refractivity contribution < 1.29 is 18.1 Å². The van der Waals surface area contributed by atoms with E-state index < -0.39 is 11.2 Å². The summed E-state index contributed by atoms with van der Waals surface area (Å²) < 4.78 is 39.4. The Hall–Kier alpha value is -4.76. The molecule has 6 rings (SSSR count). The molecule has 1 amide bonds. The maximum atomic E-state index is 15.1. The fraction of sp³-hybridized carbons (Fsp3) is 0.243. The number of benzene rings is 4. The van der Waals surface area contributed by atoms with Crippen LogP contribution in [0.4, 0.5) is 10.1 Å². The molecule has 0 bridgehead atoms. The first-order valence-electron chi connectivity index (χ1n) is 15.3. The fourth-order valence-corrected chi connectivity index (χ4v) is 6.23. The van der Waals surface area contributed by atoms with Crippen LogP contribution in [0.1, 0.15) is 44.1 Å². The van der Waals surface area contributed by atoms with Crippen molar-refractivity contribution >= 4 is 22.8 Å². The minimum Gasteiger partial charge on any atom is -0.494 e. The lowest BCUT2D eigenvalue weighted by molar-refractivity contribution is -0.117. The molecule has 1 atom stereocenters. The molecule has 0 radical (unpaired) electrons. The molecule has 4 aromatic carbocycles. The molecule has 0 aliphatic carbocycles. The zero-order valence-corrected chi connectivity index (χ0v) is 27.2. The number of carbonyl (C=O) groups excluding carboxylic acids is 1. The number of halogens is 1. The summed E-state index contributed by atoms with van der Waals surface area (Å²) in [6.07, 6.45) is 3.29. The second-order valence-electron chi connectivity index (χ2n) is 12.8. The summed E-state index contributed by atoms with van der Waals surface area (Å²) in [5.74, 6) is 0.929. The van der Waals surface area contributed by atoms with Gasteiger partial charge in [-0.05, 0) is 83.5 Å². The molecule has 1 saturated heterocycles. The maximum absolute atomic E-state index is 15.1. The summed E-state index contributed by atoms with van der Waals surface area (Å²) >= 11 is -1.65. The van der Waals surface area contributed by atoms with Crippen molar-refractivity contribution in [2.24, 2.45) is 5.41 Å². The molecule has 0 spiro atoms. The van der Waals surface area contributed by atoms with Gasteiger partial charge in [-0.3, -0.25) is 13.8 Å². The number of nitrogens with zero attached hydrogens (tertiary/aromatic N) is 3. The van der Waals surface area contributed by atoms with E-state index in [0.717, 1.165) is 40.1 Å². The smallest absolute Gasteiger partial charge is 0.253 e. The van der Waals surface area contributed by atoms with Crippen LogP contribution >= 0.6 is 0 Å². The number of rotatable bonds is 9. The Morgan fingerprint density at radius 1 is 0.935 bits per heavy atom. The molecule has 1 aliphatic heterocycles. The predicted octanol–water partition coefficient (Wildman–Crippen LogP) is 7.57. The van der Waals surface area contributed by atoms with Crippen molar-refractivity contribution in [3.8, 4) is 33.8 Å². The van der Waals surface area contributed by atoms with E-state index >= 15 is 4.39 Å². The van der Waals surface area contributed by atoms with Crippen LogP contribution < -0.4 is 13.8 Å². The Kier molecular flexibility index (Phi) is 8.77. The quantitative estimate of drug-likeness (QED) is 0.181. The monoisotopic (exact) mass is 636 g/mol. The zero-order valence-electron chi connectivity index (χ0n) is 26.4. The summed E-state index contributed by atoms with van der Waals surface area (Å²) in [6.45, 7) is 9.14. The Bertz CT molecular complexity index is 1910. The van der Waals surface area contributed by atoms with Crippen LogP contribution in [0, 0.1) is 18.2 Å². The van der Waals surface area contributed by atoms with E-state index in [1.165, 1.54) is 10.4 Å². The minimum atomic E-state index is -1.65. The first-order chi connectivity index (χ1) is 22.0. The van der Waals surface area contributed by atoms with Crippen molar-refractivity contribution in [1.82, 2.24) is 14.3 Å². The second kappa shape index (κ2) is 12.9. The number of anilines is 1. The molecule has 2 heterocycles. The highest BCUT2D eigenvalue weighted by Gasteiger charge is 2.27. The predicted molar refractivity (Wildman–Crippen MR) is 182 cm³/mol. The largest absolute Gasteiger partial charge is 0.494 e. The summed E-state index contributed by atoms with van der Waals surface area (Å²) in [4.78, 5) is 16.8. The number of imidazole rings is 1. The topological polar surface area (TPSA) is 76.5 Å². The number of hydrogen-bond acceptors (Lipinski definition) is 4. The number of amides is 1. The highest BCUT2D eigenvalue weighted by Crippen LogP contribution is 2.30. The average Bonchev–Trinajstić information content (AvgIpc) is 3.59. The van der Waals surface area contributed by atoms with Crippen molar-refractivity contribution in [2.75, 3.05) is 17.5 Å². The van der Waals surface area contributed by atoms with Gasteiger partial charge in [0.2, 0.25) is 11.2 Å². The third-order valence-electron chi connectivity index (χ3n) is 7.87. The molecule has 9 heteroatoms. The SMILES string of the molecule is Cc1ccc(-c2cn(-c3cccc(N4CC(=O)NS4=O)c3)c(Cc3ccc(-c4cccc(OCCC(C)(C)C)c4)cc3)n2)c(F)c1. The van der Waals surface area contributed by atoms with Gasteiger partial charge in [0.1, 0.15) is 23.9 Å². The minimum absolute atomic E-state index is 0.00494. The molecule has 1 aromatic heterocycles. The van der Waals surface area contributed by atoms with Gasteiger partial charge in [0.25, 0.3) is 5.91 Å². The lowest BCUT2D eigenvalue weighted by atomic mass is 9.93. The third kappa shape index (κ3) is 7.21. The van der Waals surface area contributed by atoms with Gasteiger partial charge in [0, 0.05) is 23.9 Å². The van der Waals surface area contributed by atoms with Crippen LogP contribution in [0.2, 0.25) is 0 Å². The summed E-state index contributed by atoms with van der Waals surface area (Å²) in [7, 11) is 0. The lowest BCUT2D eigenvalue weighted by Crippen LogP contribution is -2.22. The van der Waals surface area contributed by atoms with Gasteiger partial charge in [0.05, 0.1) is 18.0 Å². The Labute approximate surface area is 271 Å². The van der Waals surface area contributed by atoms with Crippen LogP contribution in [0.5, 0.6) is 5.75 Å². The molecule has 7 nitrogen and oxygen atoms in total. The van der Waals surface area contributed by atoms with Gasteiger partial charge in [-0.1, -0.05) is 69.3 Å². The normalized spacial score (nSPS) is 14.8. The molecule has 1 N–H and O–H groups in total. The second-order valence-corrected chi connectivity index (χ2v) is 13.9. The number of nitrogens with one attached hydrogen (secondary N) is 1. The van der Waals surface area contributed by atoms with E-state index in [0.29, 0.717) is 35.8 Å². The van der Waals surface area contributed by atoms with E-state index in [1.54, 1.807) is 6.07 Å². The molecule has 0 saturated carbocycles. The molecule has 46 heavy (non-hydrogen) atoms. The van der Waals surface area contributed by atoms with Gasteiger partial charge in [-0.15, -0.1) is 0 Å². The van der Waals surface area contributed by atoms with Gasteiger partial charge in [-0.2, -0.15) is 0 Å². The first kappa shape index (κ1) is 31.2. The van der Waals surface area contributed by atoms with E-state index in [1.807, 2.05) is 60.2 Å². The van der Waals surface area contributed by atoms with Crippen molar-refractivity contribution in [3.05, 3.63) is 120 Å². The van der Waals surface area contributed by atoms with Gasteiger partial charge in [0.15, 0.2) is 0 Å². The van der Waals surface area contributed by atoms with Crippen LogP contribution in [-0.2, 0) is 22.4 Å². The molecule has 236 valence electrons. The summed E-state index contributed by atoms with van der Waals surface area (Å²) in [5.41, 5.74) is 6.55. The molecule has 1 unspecified atom stereocenters. The standard InChI is InChI=1S/C37H37FN4O3S/c1-25-11-16-32(33(38)19-25)34-23-41(29-8-6-9-30(22-29)42-24-36(43)40-46(42)44)35(39-34)20-26-12-14-27(15-13-26)28-7-5-10-31(21-28)45-18-17-37(2,3)4/h5-16,19,21-23H,17-18,20,24H2,1-4H3,(H,40,43). The van der Waals surface area contributed by atoms with Crippen LogP contribution in [0.15, 0.2) is 97.2 Å². The van der Waals surface area contributed by atoms with Gasteiger partial charge in [-0.25, -0.2) is 13.6 Å². The number of hydrogen-bond donors (Lipinski definition) is 1. The molecule has 5 aromatic rings. The first-order valence-corrected chi connectivity index (χ1v) is 16.4. The molecule has 1 aliphatic rings. The summed E-state index contributed by atoms with van der Waals surface area (Å²) in [6, 6.07) is 29.0. The van der Waals surface area contributed by atoms with Gasteiger partial charge >= 0.3 is 0 Å². The Morgan fingerprint density at radius 3 is 2.41 bits per heavy atom. The van der Waals surface area contributed by atoms with Crippen LogP contribution in [0.25, 0.3) is 28.1 Å². The molecular weight excluding hydrogens is 599 g/mol. The van der Waals surface area contributed by atoms with Crippen molar-refractivity contribution in [3.63, 3.8) is 0 Å². The Balaban J connectivity index is 1.29. The lowest BCUT2D eigenvalue weighted by Gasteiger charge is -2.18. The fourth-order valence-electron chi connectivity index (χ4n) is 5.32. The van der Waals surface area contributed by atoms with Crippen molar-refractivity contribution in [1.29, 1.82) is 0 Å². The Morgan fingerprint density at radius 2 is 1.70 bits per heavy atom. The summed E-state index contributed by atoms with van der Waals surface area (Å²) in [5, 5.41) is 0. The number of carbonyl (C=O) groups is 1. The van der Waals surface area contributed by atoms with E-state index in [2.05, 4.69) is 61.9 Å². The number of ether oxygens (including phenoxy) is 1. The molecule has 1 fully saturated rings. The highest BCUT2D eigenvalue weighted by molar-refractivity contribution is 7.85. The number of aryl methyl sites for hydroxylation is 1. The van der Waals surface area contributed by atoms with Crippen LogP contribution in [0.3, 0.4) is 0 Å². The van der Waals surface area contributed by atoms with E-state index in [4.69, 9.17) is 9.72 Å². The average molecular weight is 637 g/mol. The van der Waals surface area contributed by atoms with Crippen LogP contribution in [-0.4, -0.2) is 32.8 Å². The van der Waals surface area contributed by atoms with E-state index in [-0.39, 0.29) is 23.7 Å². The third-order valence-corrected chi connectivity index (χ3v) is 9.01. The van der Waals surface area contributed by atoms with E-state index in [9.17, 15) is 9.00 Å².